The maximum atomic E-state index is 11.8. The molecule has 2 N–H and O–H groups in total. The van der Waals surface area contributed by atoms with E-state index in [1.165, 1.54) is 24.3 Å². The van der Waals surface area contributed by atoms with E-state index >= 15 is 0 Å². The first kappa shape index (κ1) is 17.2. The van der Waals surface area contributed by atoms with Crippen LogP contribution in [0.2, 0.25) is 0 Å². The first-order valence-electron chi connectivity index (χ1n) is 6.91. The summed E-state index contributed by atoms with van der Waals surface area (Å²) in [6, 6.07) is 9.59. The summed E-state index contributed by atoms with van der Waals surface area (Å²) < 4.78 is 0. The average molecular weight is 342 g/mol. The van der Waals surface area contributed by atoms with Crippen LogP contribution in [-0.4, -0.2) is 20.9 Å². The van der Waals surface area contributed by atoms with E-state index in [1.807, 2.05) is 13.0 Å². The fourth-order valence-electron chi connectivity index (χ4n) is 1.82. The third kappa shape index (κ3) is 5.25. The van der Waals surface area contributed by atoms with E-state index in [-0.39, 0.29) is 10.8 Å². The van der Waals surface area contributed by atoms with Gasteiger partial charge in [-0.3, -0.25) is 20.2 Å². The number of hydrogen-bond donors (Lipinski definition) is 2. The van der Waals surface area contributed by atoms with Gasteiger partial charge in [-0.1, -0.05) is 12.1 Å². The van der Waals surface area contributed by atoms with E-state index in [4.69, 9.17) is 12.2 Å². The van der Waals surface area contributed by atoms with Crippen molar-refractivity contribution in [2.75, 3.05) is 5.32 Å². The fourth-order valence-corrected chi connectivity index (χ4v) is 2.02. The minimum absolute atomic E-state index is 0.0414. The van der Waals surface area contributed by atoms with E-state index in [0.717, 1.165) is 5.56 Å². The molecule has 2 rings (SSSR count). The third-order valence-corrected chi connectivity index (χ3v) is 3.11. The van der Waals surface area contributed by atoms with Crippen LogP contribution in [0, 0.1) is 17.0 Å². The van der Waals surface area contributed by atoms with Crippen LogP contribution in [0.4, 0.5) is 11.5 Å². The monoisotopic (exact) mass is 342 g/mol. The van der Waals surface area contributed by atoms with Gasteiger partial charge >= 0.3 is 0 Å². The third-order valence-electron chi connectivity index (χ3n) is 2.90. The molecule has 0 bridgehead atoms. The molecular formula is C16H14N4O3S. The molecule has 0 fully saturated rings. The van der Waals surface area contributed by atoms with Crippen LogP contribution in [0.25, 0.3) is 6.08 Å². The van der Waals surface area contributed by atoms with Crippen LogP contribution in [0.3, 0.4) is 0 Å². The summed E-state index contributed by atoms with van der Waals surface area (Å²) in [6.07, 6.45) is 4.34. The Morgan fingerprint density at radius 1 is 1.33 bits per heavy atom. The molecule has 1 heterocycles. The first-order chi connectivity index (χ1) is 11.4. The van der Waals surface area contributed by atoms with E-state index in [9.17, 15) is 14.9 Å². The summed E-state index contributed by atoms with van der Waals surface area (Å²) in [5.74, 6) is 0.0784. The first-order valence-corrected chi connectivity index (χ1v) is 7.32. The van der Waals surface area contributed by atoms with Crippen molar-refractivity contribution < 1.29 is 9.72 Å². The van der Waals surface area contributed by atoms with Crippen molar-refractivity contribution in [2.45, 2.75) is 6.92 Å². The van der Waals surface area contributed by atoms with E-state index in [0.29, 0.717) is 11.4 Å². The molecule has 0 saturated heterocycles. The van der Waals surface area contributed by atoms with Gasteiger partial charge in [-0.2, -0.15) is 0 Å². The van der Waals surface area contributed by atoms with Gasteiger partial charge in [-0.15, -0.1) is 0 Å². The van der Waals surface area contributed by atoms with Gasteiger partial charge in [0.2, 0.25) is 5.91 Å². The van der Waals surface area contributed by atoms with Gasteiger partial charge in [-0.05, 0) is 48.5 Å². The molecule has 24 heavy (non-hydrogen) atoms. The predicted octanol–water partition coefficient (Wildman–Crippen LogP) is 2.82. The molecule has 1 amide bonds. The van der Waals surface area contributed by atoms with E-state index in [2.05, 4.69) is 15.6 Å². The van der Waals surface area contributed by atoms with Crippen molar-refractivity contribution in [1.82, 2.24) is 10.3 Å². The lowest BCUT2D eigenvalue weighted by molar-refractivity contribution is -0.384. The molecule has 122 valence electrons. The highest BCUT2D eigenvalue weighted by Gasteiger charge is 2.05. The molecular weight excluding hydrogens is 328 g/mol. The SMILES string of the molecule is Cc1ccnc(NC(=S)NC(=O)/C=C/c2cccc([N+](=O)[O-])c2)c1. The standard InChI is InChI=1S/C16H14N4O3S/c1-11-7-8-17-14(9-11)18-16(24)19-15(21)6-5-12-3-2-4-13(10-12)20(22)23/h2-10H,1H3,(H2,17,18,19,21,24)/b6-5+. The van der Waals surface area contributed by atoms with Crippen LogP contribution in [-0.2, 0) is 4.79 Å². The maximum Gasteiger partial charge on any atom is 0.270 e. The van der Waals surface area contributed by atoms with Crippen molar-refractivity contribution in [1.29, 1.82) is 0 Å². The number of aromatic nitrogens is 1. The number of anilines is 1. The van der Waals surface area contributed by atoms with Gasteiger partial charge in [-0.25, -0.2) is 4.98 Å². The van der Waals surface area contributed by atoms with Crippen LogP contribution < -0.4 is 10.6 Å². The van der Waals surface area contributed by atoms with Gasteiger partial charge in [0.15, 0.2) is 5.11 Å². The van der Waals surface area contributed by atoms with Crippen LogP contribution in [0.15, 0.2) is 48.7 Å². The number of nitrogens with one attached hydrogen (secondary N) is 2. The number of carbonyl (C=O) groups is 1. The van der Waals surface area contributed by atoms with Crippen LogP contribution in [0.5, 0.6) is 0 Å². The molecule has 0 radical (unpaired) electrons. The van der Waals surface area contributed by atoms with Gasteiger partial charge in [0.1, 0.15) is 5.82 Å². The number of hydrogen-bond acceptors (Lipinski definition) is 5. The smallest absolute Gasteiger partial charge is 0.270 e. The normalized spacial score (nSPS) is 10.4. The predicted molar refractivity (Wildman–Crippen MR) is 95.5 cm³/mol. The summed E-state index contributed by atoms with van der Waals surface area (Å²) in [5, 5.41) is 16.1. The molecule has 7 nitrogen and oxygen atoms in total. The average Bonchev–Trinajstić information content (AvgIpc) is 2.53. The second-order valence-electron chi connectivity index (χ2n) is 4.85. The van der Waals surface area contributed by atoms with Gasteiger partial charge < -0.3 is 5.32 Å². The van der Waals surface area contributed by atoms with Crippen molar-refractivity contribution in [3.8, 4) is 0 Å². The molecule has 0 unspecified atom stereocenters. The number of non-ortho nitro benzene ring substituents is 1. The number of aryl methyl sites for hydroxylation is 1. The Balaban J connectivity index is 1.93. The van der Waals surface area contributed by atoms with Crippen LogP contribution >= 0.6 is 12.2 Å². The molecule has 0 saturated carbocycles. The summed E-state index contributed by atoms with van der Waals surface area (Å²) in [7, 11) is 0. The Labute approximate surface area is 143 Å². The number of nitro groups is 1. The van der Waals surface area contributed by atoms with Crippen molar-refractivity contribution in [3.63, 3.8) is 0 Å². The second-order valence-corrected chi connectivity index (χ2v) is 5.26. The van der Waals surface area contributed by atoms with E-state index < -0.39 is 10.8 Å². The maximum absolute atomic E-state index is 11.8. The van der Waals surface area contributed by atoms with Crippen LogP contribution in [0.1, 0.15) is 11.1 Å². The van der Waals surface area contributed by atoms with Gasteiger partial charge in [0, 0.05) is 24.4 Å². The quantitative estimate of drug-likeness (QED) is 0.384. The van der Waals surface area contributed by atoms with Crippen molar-refractivity contribution >= 4 is 40.8 Å². The number of carbonyl (C=O) groups excluding carboxylic acids is 1. The lowest BCUT2D eigenvalue weighted by Crippen LogP contribution is -2.33. The number of thiocarbonyl (C=S) groups is 1. The Morgan fingerprint density at radius 3 is 2.83 bits per heavy atom. The highest BCUT2D eigenvalue weighted by atomic mass is 32.1. The zero-order valence-corrected chi connectivity index (χ0v) is 13.5. The zero-order valence-electron chi connectivity index (χ0n) is 12.7. The molecule has 0 spiro atoms. The minimum Gasteiger partial charge on any atom is -0.317 e. The molecule has 1 aromatic carbocycles. The molecule has 0 atom stereocenters. The highest BCUT2D eigenvalue weighted by Crippen LogP contribution is 2.14. The Kier molecular flexibility index (Phi) is 5.69. The second kappa shape index (κ2) is 7.93. The number of benzene rings is 1. The highest BCUT2D eigenvalue weighted by molar-refractivity contribution is 7.80. The zero-order chi connectivity index (χ0) is 17.5. The molecule has 2 aromatic rings. The van der Waals surface area contributed by atoms with Crippen molar-refractivity contribution in [3.05, 3.63) is 69.9 Å². The summed E-state index contributed by atoms with van der Waals surface area (Å²) >= 11 is 5.04. The summed E-state index contributed by atoms with van der Waals surface area (Å²) in [4.78, 5) is 26.1. The summed E-state index contributed by atoms with van der Waals surface area (Å²) in [5.41, 5.74) is 1.51. The molecule has 1 aromatic heterocycles. The molecule has 8 heteroatoms. The number of pyridine rings is 1. The Hall–Kier alpha value is -3.13. The number of nitro benzene ring substituents is 1. The largest absolute Gasteiger partial charge is 0.317 e. The lowest BCUT2D eigenvalue weighted by atomic mass is 10.2. The van der Waals surface area contributed by atoms with Gasteiger partial charge in [0.25, 0.3) is 5.69 Å². The minimum atomic E-state index is -0.495. The number of amides is 1. The number of rotatable bonds is 4. The molecule has 0 aliphatic carbocycles. The topological polar surface area (TPSA) is 97.2 Å². The Morgan fingerprint density at radius 2 is 2.12 bits per heavy atom. The molecule has 0 aliphatic heterocycles. The van der Waals surface area contributed by atoms with Gasteiger partial charge in [0.05, 0.1) is 4.92 Å². The summed E-state index contributed by atoms with van der Waals surface area (Å²) in [6.45, 7) is 1.91. The van der Waals surface area contributed by atoms with E-state index in [1.54, 1.807) is 24.4 Å². The molecule has 0 aliphatic rings. The fraction of sp³-hybridized carbons (Fsp3) is 0.0625. The lowest BCUT2D eigenvalue weighted by Gasteiger charge is -2.07. The Bertz CT molecular complexity index is 820. The number of nitrogens with zero attached hydrogens (tertiary/aromatic N) is 2. The van der Waals surface area contributed by atoms with Crippen molar-refractivity contribution in [2.24, 2.45) is 0 Å².